The maximum atomic E-state index is 15.4. The Morgan fingerprint density at radius 2 is 2.00 bits per heavy atom. The lowest BCUT2D eigenvalue weighted by molar-refractivity contribution is -0.128. The molecule has 2 aromatic carbocycles. The van der Waals surface area contributed by atoms with Crippen LogP contribution in [-0.2, 0) is 4.79 Å². The van der Waals surface area contributed by atoms with Gasteiger partial charge in [-0.1, -0.05) is 38.1 Å². The number of hydrogen-bond acceptors (Lipinski definition) is 7. The van der Waals surface area contributed by atoms with E-state index in [2.05, 4.69) is 9.97 Å². The van der Waals surface area contributed by atoms with E-state index in [4.69, 9.17) is 15.6 Å². The number of halogens is 1. The highest BCUT2D eigenvalue weighted by Crippen LogP contribution is 2.36. The third-order valence-corrected chi connectivity index (χ3v) is 6.57. The van der Waals surface area contributed by atoms with Gasteiger partial charge in [-0.25, -0.2) is 19.0 Å². The van der Waals surface area contributed by atoms with Crippen molar-refractivity contribution in [2.24, 2.45) is 5.92 Å². The molecule has 2 aromatic heterocycles. The summed E-state index contributed by atoms with van der Waals surface area (Å²) in [6, 6.07) is 15.5. The summed E-state index contributed by atoms with van der Waals surface area (Å²) in [5.74, 6) is 0.357. The van der Waals surface area contributed by atoms with Crippen LogP contribution in [0.5, 0.6) is 11.5 Å². The van der Waals surface area contributed by atoms with Gasteiger partial charge in [0.05, 0.1) is 11.4 Å². The first kappa shape index (κ1) is 25.9. The van der Waals surface area contributed by atoms with Gasteiger partial charge in [0.15, 0.2) is 5.65 Å². The van der Waals surface area contributed by atoms with Gasteiger partial charge in [-0.15, -0.1) is 0 Å². The van der Waals surface area contributed by atoms with Crippen molar-refractivity contribution in [3.8, 4) is 28.8 Å². The summed E-state index contributed by atoms with van der Waals surface area (Å²) in [6.45, 7) is 4.71. The number of amides is 1. The first-order valence-electron chi connectivity index (χ1n) is 12.8. The average molecular weight is 526 g/mol. The molecule has 0 radical (unpaired) electrons. The van der Waals surface area contributed by atoms with E-state index in [1.165, 1.54) is 12.4 Å². The molecule has 10 heteroatoms. The normalized spacial score (nSPS) is 15.9. The van der Waals surface area contributed by atoms with Gasteiger partial charge < -0.3 is 15.4 Å². The number of benzene rings is 2. The molecule has 39 heavy (non-hydrogen) atoms. The number of fused-ring (bicyclic) bond motifs is 1. The van der Waals surface area contributed by atoms with Crippen LogP contribution < -0.4 is 10.5 Å². The molecule has 0 aliphatic carbocycles. The number of anilines is 1. The van der Waals surface area contributed by atoms with Crippen molar-refractivity contribution in [3.63, 3.8) is 0 Å². The van der Waals surface area contributed by atoms with Crippen molar-refractivity contribution in [1.82, 2.24) is 24.6 Å². The first-order chi connectivity index (χ1) is 18.9. The monoisotopic (exact) mass is 525 g/mol. The molecule has 0 saturated carbocycles. The number of nitriles is 1. The van der Waals surface area contributed by atoms with E-state index in [1.807, 2.05) is 38.1 Å². The van der Waals surface area contributed by atoms with Gasteiger partial charge in [0, 0.05) is 24.7 Å². The summed E-state index contributed by atoms with van der Waals surface area (Å²) in [6.07, 6.45) is 4.47. The number of nitrogens with zero attached hydrogens (tertiary/aromatic N) is 6. The number of likely N-dealkylation sites (tertiary alicyclic amines) is 1. The Hall–Kier alpha value is -4.78. The fourth-order valence-corrected chi connectivity index (χ4v) is 4.81. The molecular weight excluding hydrogens is 497 g/mol. The maximum absolute atomic E-state index is 15.4. The number of rotatable bonds is 6. The summed E-state index contributed by atoms with van der Waals surface area (Å²) in [7, 11) is 0. The molecule has 0 spiro atoms. The maximum Gasteiger partial charge on any atom is 0.264 e. The van der Waals surface area contributed by atoms with Gasteiger partial charge in [0.1, 0.15) is 46.8 Å². The summed E-state index contributed by atoms with van der Waals surface area (Å²) < 4.78 is 22.9. The summed E-state index contributed by atoms with van der Waals surface area (Å²) >= 11 is 0. The largest absolute Gasteiger partial charge is 0.457 e. The number of carbonyl (C=O) groups excluding carboxylic acids is 1. The number of nitrogens with two attached hydrogens (primary N) is 1. The Morgan fingerprint density at radius 3 is 2.72 bits per heavy atom. The van der Waals surface area contributed by atoms with E-state index in [9.17, 15) is 10.1 Å². The third kappa shape index (κ3) is 5.29. The fraction of sp³-hybridized carbons (Fsp3) is 0.276. The van der Waals surface area contributed by atoms with Gasteiger partial charge in [-0.3, -0.25) is 4.79 Å². The lowest BCUT2D eigenvalue weighted by Gasteiger charge is -2.33. The molecule has 0 bridgehead atoms. The molecule has 4 aromatic rings. The van der Waals surface area contributed by atoms with Crippen molar-refractivity contribution < 1.29 is 13.9 Å². The lowest BCUT2D eigenvalue weighted by atomic mass is 10.0. The smallest absolute Gasteiger partial charge is 0.264 e. The van der Waals surface area contributed by atoms with Crippen LogP contribution in [-0.4, -0.2) is 43.6 Å². The summed E-state index contributed by atoms with van der Waals surface area (Å²) in [4.78, 5) is 23.3. The molecule has 1 aliphatic rings. The summed E-state index contributed by atoms with van der Waals surface area (Å²) in [5, 5.41) is 14.7. The number of aromatic nitrogens is 4. The number of carbonyl (C=O) groups is 1. The quantitative estimate of drug-likeness (QED) is 0.268. The van der Waals surface area contributed by atoms with E-state index in [-0.39, 0.29) is 34.8 Å². The molecule has 5 rings (SSSR count). The zero-order valence-corrected chi connectivity index (χ0v) is 21.7. The van der Waals surface area contributed by atoms with Crippen LogP contribution in [0.1, 0.15) is 32.7 Å². The van der Waals surface area contributed by atoms with E-state index in [1.54, 1.807) is 39.9 Å². The SMILES string of the molecule is CC(C)/C=C(\C#N)C(=O)N1CCCC(n2nc(-c3ccc(Oc4ccccc4)cc3F)c3c(N)ncnc32)C1. The van der Waals surface area contributed by atoms with Crippen LogP contribution in [0.4, 0.5) is 10.2 Å². The van der Waals surface area contributed by atoms with Gasteiger partial charge in [0.25, 0.3) is 5.91 Å². The van der Waals surface area contributed by atoms with Crippen molar-refractivity contribution in [2.75, 3.05) is 18.8 Å². The molecule has 1 unspecified atom stereocenters. The Balaban J connectivity index is 1.49. The highest BCUT2D eigenvalue weighted by atomic mass is 19.1. The number of allylic oxidation sites excluding steroid dienone is 1. The molecule has 1 saturated heterocycles. The number of ether oxygens (including phenoxy) is 1. The molecule has 1 aliphatic heterocycles. The minimum Gasteiger partial charge on any atom is -0.457 e. The standard InChI is InChI=1S/C29H28FN7O2/c1-18(2)13-19(15-31)29(38)36-12-6-7-20(16-36)37-28-25(27(32)33-17-34-28)26(35-37)23-11-10-22(14-24(23)30)39-21-8-4-3-5-9-21/h3-5,8-11,13-14,17-18,20H,6-7,12,16H2,1-2H3,(H2,32,33,34)/b19-13+. The highest BCUT2D eigenvalue weighted by molar-refractivity contribution is 5.99. The van der Waals surface area contributed by atoms with Crippen LogP contribution in [0.25, 0.3) is 22.3 Å². The number of piperidine rings is 1. The van der Waals surface area contributed by atoms with Gasteiger partial charge in [-0.05, 0) is 43.0 Å². The third-order valence-electron chi connectivity index (χ3n) is 6.57. The number of para-hydroxylation sites is 1. The number of nitrogen functional groups attached to an aromatic ring is 1. The Bertz CT molecular complexity index is 1590. The topological polar surface area (TPSA) is 123 Å². The lowest BCUT2D eigenvalue weighted by Crippen LogP contribution is -2.41. The van der Waals surface area contributed by atoms with Crippen LogP contribution >= 0.6 is 0 Å². The molecular formula is C29H28FN7O2. The minimum atomic E-state index is -0.531. The van der Waals surface area contributed by atoms with Crippen LogP contribution in [0, 0.1) is 23.1 Å². The molecule has 9 nitrogen and oxygen atoms in total. The van der Waals surface area contributed by atoms with Crippen LogP contribution in [0.2, 0.25) is 0 Å². The fourth-order valence-electron chi connectivity index (χ4n) is 4.81. The zero-order valence-electron chi connectivity index (χ0n) is 21.7. The predicted octanol–water partition coefficient (Wildman–Crippen LogP) is 5.28. The second kappa shape index (κ2) is 10.9. The molecule has 1 amide bonds. The Morgan fingerprint density at radius 1 is 1.21 bits per heavy atom. The number of hydrogen-bond donors (Lipinski definition) is 1. The minimum absolute atomic E-state index is 0.0702. The Labute approximate surface area is 225 Å². The first-order valence-corrected chi connectivity index (χ1v) is 12.8. The molecule has 198 valence electrons. The van der Waals surface area contributed by atoms with Gasteiger partial charge in [-0.2, -0.15) is 10.4 Å². The van der Waals surface area contributed by atoms with Gasteiger partial charge >= 0.3 is 0 Å². The molecule has 3 heterocycles. The van der Waals surface area contributed by atoms with Crippen molar-refractivity contribution in [1.29, 1.82) is 5.26 Å². The van der Waals surface area contributed by atoms with Gasteiger partial charge in [0.2, 0.25) is 0 Å². The van der Waals surface area contributed by atoms with Crippen LogP contribution in [0.3, 0.4) is 0 Å². The summed E-state index contributed by atoms with van der Waals surface area (Å²) in [5.41, 5.74) is 7.37. The van der Waals surface area contributed by atoms with E-state index in [0.717, 1.165) is 6.42 Å². The second-order valence-corrected chi connectivity index (χ2v) is 9.79. The van der Waals surface area contributed by atoms with E-state index >= 15 is 4.39 Å². The van der Waals surface area contributed by atoms with E-state index < -0.39 is 5.82 Å². The predicted molar refractivity (Wildman–Crippen MR) is 145 cm³/mol. The zero-order chi connectivity index (χ0) is 27.5. The molecule has 1 atom stereocenters. The molecule has 2 N–H and O–H groups in total. The van der Waals surface area contributed by atoms with Crippen molar-refractivity contribution >= 4 is 22.8 Å². The van der Waals surface area contributed by atoms with Crippen molar-refractivity contribution in [3.05, 3.63) is 72.3 Å². The highest BCUT2D eigenvalue weighted by Gasteiger charge is 2.30. The average Bonchev–Trinajstić information content (AvgIpc) is 3.33. The van der Waals surface area contributed by atoms with E-state index in [0.29, 0.717) is 47.7 Å². The Kier molecular flexibility index (Phi) is 7.23. The van der Waals surface area contributed by atoms with Crippen LogP contribution in [0.15, 0.2) is 66.5 Å². The molecule has 1 fully saturated rings. The van der Waals surface area contributed by atoms with Crippen molar-refractivity contribution in [2.45, 2.75) is 32.7 Å². The second-order valence-electron chi connectivity index (χ2n) is 9.79.